The van der Waals surface area contributed by atoms with Gasteiger partial charge in [-0.1, -0.05) is 32.8 Å². The zero-order valence-corrected chi connectivity index (χ0v) is 12.5. The van der Waals surface area contributed by atoms with Crippen molar-refractivity contribution in [1.82, 2.24) is 4.98 Å². The van der Waals surface area contributed by atoms with Crippen LogP contribution in [0.2, 0.25) is 0 Å². The third-order valence-electron chi connectivity index (χ3n) is 2.61. The van der Waals surface area contributed by atoms with Gasteiger partial charge in [0.15, 0.2) is 5.13 Å². The molecule has 19 heavy (non-hydrogen) atoms. The molecule has 0 aliphatic rings. The van der Waals surface area contributed by atoms with Crippen molar-refractivity contribution in [3.05, 3.63) is 17.2 Å². The minimum absolute atomic E-state index is 0.302. The van der Waals surface area contributed by atoms with Crippen LogP contribution in [0.5, 0.6) is 0 Å². The highest BCUT2D eigenvalue weighted by molar-refractivity contribution is 7.13. The zero-order valence-electron chi connectivity index (χ0n) is 11.6. The SMILES string of the molecule is CCCCC/C=C(\C(=O)OCCC)c1csc(N)n1. The summed E-state index contributed by atoms with van der Waals surface area (Å²) in [7, 11) is 0. The number of anilines is 1. The summed E-state index contributed by atoms with van der Waals surface area (Å²) >= 11 is 1.34. The van der Waals surface area contributed by atoms with Crippen LogP contribution >= 0.6 is 11.3 Å². The summed E-state index contributed by atoms with van der Waals surface area (Å²) in [6.45, 7) is 4.56. The van der Waals surface area contributed by atoms with E-state index < -0.39 is 0 Å². The van der Waals surface area contributed by atoms with Gasteiger partial charge >= 0.3 is 5.97 Å². The Kier molecular flexibility index (Phi) is 7.18. The van der Waals surface area contributed by atoms with Gasteiger partial charge < -0.3 is 10.5 Å². The van der Waals surface area contributed by atoms with Crippen molar-refractivity contribution >= 4 is 28.0 Å². The maximum absolute atomic E-state index is 12.0. The molecule has 0 aromatic carbocycles. The van der Waals surface area contributed by atoms with E-state index in [0.29, 0.717) is 23.0 Å². The van der Waals surface area contributed by atoms with Crippen molar-refractivity contribution in [1.29, 1.82) is 0 Å². The first-order valence-corrected chi connectivity index (χ1v) is 7.65. The summed E-state index contributed by atoms with van der Waals surface area (Å²) in [5.41, 5.74) is 6.79. The monoisotopic (exact) mass is 282 g/mol. The van der Waals surface area contributed by atoms with E-state index >= 15 is 0 Å². The first kappa shape index (κ1) is 15.7. The van der Waals surface area contributed by atoms with Gasteiger partial charge in [-0.3, -0.25) is 0 Å². The van der Waals surface area contributed by atoms with Crippen LogP contribution in [0.15, 0.2) is 11.5 Å². The average molecular weight is 282 g/mol. The molecule has 0 saturated heterocycles. The molecule has 2 N–H and O–H groups in total. The number of nitrogens with zero attached hydrogens (tertiary/aromatic N) is 1. The van der Waals surface area contributed by atoms with Crippen LogP contribution in [0.1, 0.15) is 51.6 Å². The predicted molar refractivity (Wildman–Crippen MR) is 79.9 cm³/mol. The predicted octanol–water partition coefficient (Wildman–Crippen LogP) is 3.64. The van der Waals surface area contributed by atoms with Gasteiger partial charge in [0.05, 0.1) is 17.9 Å². The van der Waals surface area contributed by atoms with Crippen molar-refractivity contribution in [3.63, 3.8) is 0 Å². The standard InChI is InChI=1S/C14H22N2O2S/c1-3-5-6-7-8-11(13(17)18-9-4-2)12-10-19-14(15)16-12/h8,10H,3-7,9H2,1-2H3,(H2,15,16)/b11-8-. The van der Waals surface area contributed by atoms with Crippen molar-refractivity contribution in [2.45, 2.75) is 46.0 Å². The Morgan fingerprint density at radius 3 is 2.79 bits per heavy atom. The second-order valence-electron chi connectivity index (χ2n) is 4.32. The second-order valence-corrected chi connectivity index (χ2v) is 5.21. The summed E-state index contributed by atoms with van der Waals surface area (Å²) in [4.78, 5) is 16.2. The van der Waals surface area contributed by atoms with E-state index in [1.807, 2.05) is 13.0 Å². The molecule has 1 rings (SSSR count). The van der Waals surface area contributed by atoms with Gasteiger partial charge in [0.2, 0.25) is 0 Å². The van der Waals surface area contributed by atoms with Crippen molar-refractivity contribution in [3.8, 4) is 0 Å². The lowest BCUT2D eigenvalue weighted by molar-refractivity contribution is -0.136. The summed E-state index contributed by atoms with van der Waals surface area (Å²) in [6, 6.07) is 0. The van der Waals surface area contributed by atoms with Gasteiger partial charge in [0, 0.05) is 5.38 Å². The summed E-state index contributed by atoms with van der Waals surface area (Å²) < 4.78 is 5.19. The van der Waals surface area contributed by atoms with Crippen LogP contribution in [-0.2, 0) is 9.53 Å². The van der Waals surface area contributed by atoms with Gasteiger partial charge in [-0.2, -0.15) is 0 Å². The highest BCUT2D eigenvalue weighted by atomic mass is 32.1. The van der Waals surface area contributed by atoms with Crippen molar-refractivity contribution in [2.24, 2.45) is 0 Å². The average Bonchev–Trinajstić information content (AvgIpc) is 2.82. The van der Waals surface area contributed by atoms with E-state index in [-0.39, 0.29) is 5.97 Å². The minimum atomic E-state index is -0.302. The maximum Gasteiger partial charge on any atom is 0.340 e. The Morgan fingerprint density at radius 2 is 2.21 bits per heavy atom. The first-order chi connectivity index (χ1) is 9.19. The molecule has 0 saturated carbocycles. The molecule has 0 bridgehead atoms. The van der Waals surface area contributed by atoms with E-state index in [2.05, 4.69) is 11.9 Å². The van der Waals surface area contributed by atoms with Crippen LogP contribution in [0.25, 0.3) is 5.57 Å². The fraction of sp³-hybridized carbons (Fsp3) is 0.571. The molecule has 0 spiro atoms. The molecule has 0 aliphatic heterocycles. The largest absolute Gasteiger partial charge is 0.462 e. The summed E-state index contributed by atoms with van der Waals surface area (Å²) in [5.74, 6) is -0.302. The zero-order chi connectivity index (χ0) is 14.1. The minimum Gasteiger partial charge on any atom is -0.462 e. The van der Waals surface area contributed by atoms with E-state index in [9.17, 15) is 4.79 Å². The van der Waals surface area contributed by atoms with E-state index in [1.54, 1.807) is 5.38 Å². The number of rotatable bonds is 8. The van der Waals surface area contributed by atoms with Crippen LogP contribution in [0, 0.1) is 0 Å². The highest BCUT2D eigenvalue weighted by Crippen LogP contribution is 2.21. The number of hydrogen-bond donors (Lipinski definition) is 1. The fourth-order valence-electron chi connectivity index (χ4n) is 1.62. The Labute approximate surface area is 118 Å². The van der Waals surface area contributed by atoms with Gasteiger partial charge in [-0.05, 0) is 19.3 Å². The van der Waals surface area contributed by atoms with Gasteiger partial charge in [0.1, 0.15) is 0 Å². The van der Waals surface area contributed by atoms with E-state index in [1.165, 1.54) is 11.3 Å². The number of aromatic nitrogens is 1. The van der Waals surface area contributed by atoms with Crippen molar-refractivity contribution in [2.75, 3.05) is 12.3 Å². The van der Waals surface area contributed by atoms with E-state index in [4.69, 9.17) is 10.5 Å². The molecule has 4 nitrogen and oxygen atoms in total. The topological polar surface area (TPSA) is 65.2 Å². The molecular weight excluding hydrogens is 260 g/mol. The fourth-order valence-corrected chi connectivity index (χ4v) is 2.18. The lowest BCUT2D eigenvalue weighted by Crippen LogP contribution is -2.08. The van der Waals surface area contributed by atoms with Crippen molar-refractivity contribution < 1.29 is 9.53 Å². The third-order valence-corrected chi connectivity index (χ3v) is 3.29. The normalized spacial score (nSPS) is 11.6. The number of hydrogen-bond acceptors (Lipinski definition) is 5. The Hall–Kier alpha value is -1.36. The van der Waals surface area contributed by atoms with E-state index in [0.717, 1.165) is 32.1 Å². The van der Waals surface area contributed by atoms with Crippen LogP contribution in [-0.4, -0.2) is 17.6 Å². The maximum atomic E-state index is 12.0. The van der Waals surface area contributed by atoms with Crippen LogP contribution in [0.3, 0.4) is 0 Å². The molecule has 0 unspecified atom stereocenters. The lowest BCUT2D eigenvalue weighted by Gasteiger charge is -2.05. The molecule has 5 heteroatoms. The molecule has 0 fully saturated rings. The number of thiazole rings is 1. The van der Waals surface area contributed by atoms with Gasteiger partial charge in [-0.15, -0.1) is 11.3 Å². The third kappa shape index (κ3) is 5.42. The van der Waals surface area contributed by atoms with Crippen LogP contribution < -0.4 is 5.73 Å². The van der Waals surface area contributed by atoms with Gasteiger partial charge in [-0.25, -0.2) is 9.78 Å². The second kappa shape index (κ2) is 8.69. The smallest absolute Gasteiger partial charge is 0.340 e. The molecule has 0 amide bonds. The van der Waals surface area contributed by atoms with Gasteiger partial charge in [0.25, 0.3) is 0 Å². The Bertz CT molecular complexity index is 427. The number of ether oxygens (including phenoxy) is 1. The number of esters is 1. The number of unbranched alkanes of at least 4 members (excludes halogenated alkanes) is 3. The number of carbonyl (C=O) groups excluding carboxylic acids is 1. The molecule has 0 aliphatic carbocycles. The Balaban J connectivity index is 2.75. The number of nitrogens with two attached hydrogens (primary N) is 1. The molecule has 0 radical (unpaired) electrons. The Morgan fingerprint density at radius 1 is 1.42 bits per heavy atom. The molecular formula is C14H22N2O2S. The number of allylic oxidation sites excluding steroid dienone is 1. The first-order valence-electron chi connectivity index (χ1n) is 6.77. The van der Waals surface area contributed by atoms with Crippen LogP contribution in [0.4, 0.5) is 5.13 Å². The lowest BCUT2D eigenvalue weighted by atomic mass is 10.1. The number of carbonyl (C=O) groups is 1. The molecule has 1 aromatic rings. The number of nitrogen functional groups attached to an aromatic ring is 1. The molecule has 1 heterocycles. The summed E-state index contributed by atoms with van der Waals surface area (Å²) in [6.07, 6.45) is 6.98. The molecule has 0 atom stereocenters. The molecule has 106 valence electrons. The molecule has 1 aromatic heterocycles. The summed E-state index contributed by atoms with van der Waals surface area (Å²) in [5, 5.41) is 2.27. The quantitative estimate of drug-likeness (QED) is 0.449. The highest BCUT2D eigenvalue weighted by Gasteiger charge is 2.15.